The normalized spacial score (nSPS) is 26.7. The van der Waals surface area contributed by atoms with E-state index in [1.165, 1.54) is 4.90 Å². The van der Waals surface area contributed by atoms with Crippen molar-refractivity contribution < 1.29 is 57.5 Å². The van der Waals surface area contributed by atoms with Crippen molar-refractivity contribution in [2.75, 3.05) is 32.8 Å². The van der Waals surface area contributed by atoms with E-state index in [9.17, 15) is 58.3 Å². The summed E-state index contributed by atoms with van der Waals surface area (Å²) >= 11 is 0. The Morgan fingerprint density at radius 2 is 1.06 bits per heavy atom. The number of azide groups is 1. The van der Waals surface area contributed by atoms with Gasteiger partial charge in [0.1, 0.15) is 60.4 Å². The molecule has 27 nitrogen and oxygen atoms in total. The van der Waals surface area contributed by atoms with E-state index in [0.717, 1.165) is 4.90 Å². The Balaban J connectivity index is 1.88. The summed E-state index contributed by atoms with van der Waals surface area (Å²) in [6.07, 6.45) is 0.278. The number of nitrogens with zero attached hydrogens (tertiary/aromatic N) is 5. The fraction of sp³-hybridized carbons (Fsp3) is 0.707. The van der Waals surface area contributed by atoms with Crippen molar-refractivity contribution in [2.45, 2.75) is 206 Å². The first-order valence-corrected chi connectivity index (χ1v) is 30.0. The van der Waals surface area contributed by atoms with Gasteiger partial charge in [0.25, 0.3) is 0 Å². The van der Waals surface area contributed by atoms with Crippen molar-refractivity contribution in [1.82, 2.24) is 52.3 Å². The predicted octanol–water partition coefficient (Wildman–Crippen LogP) is 0.617. The minimum absolute atomic E-state index is 0.00356. The van der Waals surface area contributed by atoms with E-state index in [-0.39, 0.29) is 115 Å². The first-order valence-electron chi connectivity index (χ1n) is 30.0. The highest BCUT2D eigenvalue weighted by Gasteiger charge is 2.45. The van der Waals surface area contributed by atoms with Gasteiger partial charge < -0.3 is 68.5 Å². The lowest BCUT2D eigenvalue weighted by Crippen LogP contribution is -2.62. The van der Waals surface area contributed by atoms with E-state index >= 15 is 0 Å². The summed E-state index contributed by atoms with van der Waals surface area (Å²) in [5, 5.41) is 26.0. The van der Waals surface area contributed by atoms with Crippen LogP contribution in [0, 0.1) is 23.7 Å². The second-order valence-electron chi connectivity index (χ2n) is 23.8. The van der Waals surface area contributed by atoms with Gasteiger partial charge in [-0.05, 0) is 119 Å². The zero-order valence-electron chi connectivity index (χ0n) is 50.9. The molecule has 0 radical (unpaired) electrons. The van der Waals surface area contributed by atoms with Gasteiger partial charge in [-0.25, -0.2) is 0 Å². The molecule has 85 heavy (non-hydrogen) atoms. The molecule has 0 saturated carbocycles. The molecule has 0 aromatic heterocycles. The van der Waals surface area contributed by atoms with E-state index < -0.39 is 143 Å². The topological polar surface area (TPSA) is 401 Å². The summed E-state index contributed by atoms with van der Waals surface area (Å²) in [5.41, 5.74) is 22.0. The molecule has 11 atom stereocenters. The van der Waals surface area contributed by atoms with Gasteiger partial charge in [0.05, 0.1) is 12.6 Å². The Kier molecular flexibility index (Phi) is 28.5. The summed E-state index contributed by atoms with van der Waals surface area (Å²) in [5.74, 6) is -9.96. The van der Waals surface area contributed by atoms with Gasteiger partial charge in [-0.2, -0.15) is 0 Å². The van der Waals surface area contributed by atoms with Crippen LogP contribution < -0.4 is 54.0 Å². The van der Waals surface area contributed by atoms with Gasteiger partial charge in [-0.1, -0.05) is 90.8 Å². The van der Waals surface area contributed by atoms with Gasteiger partial charge in [-0.3, -0.25) is 52.7 Å². The minimum Gasteiger partial charge on any atom is -0.466 e. The smallest absolute Gasteiger partial charge is 0.305 e. The number of benzene rings is 1. The van der Waals surface area contributed by atoms with E-state index in [4.69, 9.17) is 16.2 Å². The van der Waals surface area contributed by atoms with Crippen molar-refractivity contribution in [3.63, 3.8) is 0 Å². The number of carbonyl (C=O) groups excluding carboxylic acids is 11. The first kappa shape index (κ1) is 70.1. The number of amides is 10. The Labute approximate surface area is 498 Å². The van der Waals surface area contributed by atoms with Gasteiger partial charge in [0.15, 0.2) is 0 Å². The molecule has 12 N–H and O–H groups in total. The maximum Gasteiger partial charge on any atom is 0.305 e. The number of nitrogens with two attached hydrogens (primary N) is 2. The summed E-state index contributed by atoms with van der Waals surface area (Å²) in [4.78, 5) is 164. The molecule has 3 heterocycles. The van der Waals surface area contributed by atoms with Gasteiger partial charge in [-0.15, -0.1) is 0 Å². The van der Waals surface area contributed by atoms with Crippen molar-refractivity contribution in [3.05, 3.63) is 46.3 Å². The number of rotatable bonds is 19. The van der Waals surface area contributed by atoms with E-state index in [0.29, 0.717) is 12.0 Å². The predicted molar refractivity (Wildman–Crippen MR) is 314 cm³/mol. The molecule has 3 fully saturated rings. The number of hydrogen-bond acceptors (Lipinski definition) is 15. The molecule has 0 bridgehead atoms. The van der Waals surface area contributed by atoms with Crippen LogP contribution in [0.3, 0.4) is 0 Å². The molecule has 1 aromatic carbocycles. The fourth-order valence-corrected chi connectivity index (χ4v) is 10.7. The lowest BCUT2D eigenvalue weighted by Gasteiger charge is -2.33. The molecule has 1 aromatic rings. The van der Waals surface area contributed by atoms with Gasteiger partial charge in [0, 0.05) is 30.8 Å². The number of nitrogens with one attached hydrogen (secondary N) is 8. The van der Waals surface area contributed by atoms with Crippen LogP contribution in [0.2, 0.25) is 0 Å². The van der Waals surface area contributed by atoms with Crippen LogP contribution in [0.1, 0.15) is 139 Å². The Bertz CT molecular complexity index is 2530. The highest BCUT2D eigenvalue weighted by atomic mass is 16.5. The molecular formula is C58H93N15O12. The third-order valence-electron chi connectivity index (χ3n) is 15.2. The van der Waals surface area contributed by atoms with Crippen LogP contribution in [0.25, 0.3) is 10.4 Å². The molecule has 472 valence electrons. The van der Waals surface area contributed by atoms with Crippen molar-refractivity contribution in [3.8, 4) is 0 Å². The number of fused-ring (bicyclic) bond motifs is 2. The second kappa shape index (κ2) is 34.5. The van der Waals surface area contributed by atoms with Crippen LogP contribution in [-0.2, 0) is 63.9 Å². The average Bonchev–Trinajstić information content (AvgIpc) is 4.26. The minimum atomic E-state index is -1.54. The maximum atomic E-state index is 14.9. The SMILES string of the molecule is CCOC(=O)CC[C@H]1NC(=O)[C@H](CC(C)C)NC(=O)[C@H](CCCN)NC(=O)[C@H](C(C)C)NC(=O)[C@@H]2CCCN2C(=O)[C@@H](Cc2ccccc2)NC(=O)[C@H](CC(C)C)NC(=O)[C@H](CCCN)NC(=O)[C@H](C(C)C)NC(=O)[C@@H]2C[C@@H](N=[N+]=[N-])CN2C1=O. The molecule has 0 aliphatic carbocycles. The Morgan fingerprint density at radius 1 is 0.600 bits per heavy atom. The van der Waals surface area contributed by atoms with Crippen molar-refractivity contribution in [2.24, 2.45) is 40.3 Å². The number of ether oxygens (including phenoxy) is 1. The molecule has 27 heteroatoms. The summed E-state index contributed by atoms with van der Waals surface area (Å²) < 4.78 is 5.15. The summed E-state index contributed by atoms with van der Waals surface area (Å²) in [6, 6.07) is -5.14. The molecule has 0 unspecified atom stereocenters. The van der Waals surface area contributed by atoms with Crippen molar-refractivity contribution in [1.29, 1.82) is 0 Å². The number of hydrogen-bond donors (Lipinski definition) is 10. The quantitative estimate of drug-likeness (QED) is 0.0393. The Hall–Kier alpha value is -7.38. The molecule has 0 spiro atoms. The zero-order valence-corrected chi connectivity index (χ0v) is 50.9. The summed E-state index contributed by atoms with van der Waals surface area (Å²) in [6.45, 7) is 15.6. The lowest BCUT2D eigenvalue weighted by atomic mass is 9.99. The summed E-state index contributed by atoms with van der Waals surface area (Å²) in [7, 11) is 0. The van der Waals surface area contributed by atoms with Crippen LogP contribution in [0.4, 0.5) is 0 Å². The molecule has 3 aliphatic rings. The Morgan fingerprint density at radius 3 is 1.53 bits per heavy atom. The van der Waals surface area contributed by atoms with Crippen molar-refractivity contribution >= 4 is 65.0 Å². The second-order valence-corrected chi connectivity index (χ2v) is 23.8. The monoisotopic (exact) mass is 1190 g/mol. The molecule has 10 amide bonds. The largest absolute Gasteiger partial charge is 0.466 e. The lowest BCUT2D eigenvalue weighted by molar-refractivity contribution is -0.145. The fourth-order valence-electron chi connectivity index (χ4n) is 10.7. The maximum absolute atomic E-state index is 14.9. The van der Waals surface area contributed by atoms with E-state index in [1.807, 2.05) is 13.8 Å². The van der Waals surface area contributed by atoms with Crippen LogP contribution in [-0.4, -0.2) is 174 Å². The van der Waals surface area contributed by atoms with Crippen LogP contribution in [0.15, 0.2) is 35.4 Å². The van der Waals surface area contributed by atoms with Gasteiger partial charge >= 0.3 is 5.97 Å². The zero-order chi connectivity index (χ0) is 63.1. The highest BCUT2D eigenvalue weighted by Crippen LogP contribution is 2.25. The van der Waals surface area contributed by atoms with E-state index in [1.54, 1.807) is 78.8 Å². The molecule has 4 rings (SSSR count). The molecule has 3 saturated heterocycles. The van der Waals surface area contributed by atoms with Gasteiger partial charge in [0.2, 0.25) is 59.1 Å². The van der Waals surface area contributed by atoms with Crippen LogP contribution in [0.5, 0.6) is 0 Å². The highest BCUT2D eigenvalue weighted by molar-refractivity contribution is 6.00. The number of esters is 1. The standard InChI is InChI=1S/C58H93N15O12/c1-10-85-46(74)23-22-40-57(83)73-31-37(70-71-61)30-45(73)54(80)69-48(35(8)9)56(82)63-39(20-15-25-60)50(76)66-42(28-33(4)5)52(78)67-43(29-36-17-12-11-13-18-36)58(84)72-26-16-21-44(72)53(79)68-47(34(6)7)55(81)62-38(19-14-24-59)49(75)65-41(27-32(2)3)51(77)64-40/h11-13,17-18,32-35,37-45,47-48H,10,14-16,19-31,59-60H2,1-9H3,(H,62,81)(H,63,82)(H,64,77)(H,65,75)(H,66,76)(H,67,78)(H,68,79)(H,69,80)/t37-,38+,39+,40-,41+,42+,43-,44+,45+,47+,48+/m1/s1. The van der Waals surface area contributed by atoms with Crippen LogP contribution >= 0.6 is 0 Å². The van der Waals surface area contributed by atoms with E-state index in [2.05, 4.69) is 52.6 Å². The molecular weight excluding hydrogens is 1100 g/mol. The molecule has 3 aliphatic heterocycles. The average molecular weight is 1190 g/mol. The number of carbonyl (C=O) groups is 11. The first-order chi connectivity index (χ1) is 40.3. The third-order valence-corrected chi connectivity index (χ3v) is 15.2. The third kappa shape index (κ3) is 21.3.